The minimum Gasteiger partial charge on any atom is -0.344 e. The van der Waals surface area contributed by atoms with Gasteiger partial charge in [0.15, 0.2) is 0 Å². The molecular weight excluding hydrogens is 248 g/mol. The van der Waals surface area contributed by atoms with Crippen LogP contribution in [-0.4, -0.2) is 71.0 Å². The molecule has 0 bridgehead atoms. The zero-order chi connectivity index (χ0) is 14.4. The van der Waals surface area contributed by atoms with Crippen molar-refractivity contribution in [3.63, 3.8) is 0 Å². The predicted octanol–water partition coefficient (Wildman–Crippen LogP) is -2.26. The van der Waals surface area contributed by atoms with Crippen molar-refractivity contribution in [3.8, 4) is 0 Å². The Balaban J connectivity index is 2.81. The minimum atomic E-state index is -2.66. The first-order chi connectivity index (χ1) is 8.93. The van der Waals surface area contributed by atoms with E-state index in [0.29, 0.717) is 26.1 Å². The molecule has 0 aliphatic carbocycles. The summed E-state index contributed by atoms with van der Waals surface area (Å²) in [4.78, 5) is 2.20. The Kier molecular flexibility index (Phi) is 6.61. The van der Waals surface area contributed by atoms with E-state index < -0.39 is 11.5 Å². The summed E-state index contributed by atoms with van der Waals surface area (Å²) in [5.41, 5.74) is 10.6. The lowest BCUT2D eigenvalue weighted by molar-refractivity contribution is -0.327. The van der Waals surface area contributed by atoms with Crippen molar-refractivity contribution < 1.29 is 15.3 Å². The molecule has 1 unspecified atom stereocenters. The van der Waals surface area contributed by atoms with Gasteiger partial charge in [-0.1, -0.05) is 0 Å². The molecule has 0 spiro atoms. The van der Waals surface area contributed by atoms with Crippen LogP contribution < -0.4 is 16.8 Å². The molecule has 7 nitrogen and oxygen atoms in total. The van der Waals surface area contributed by atoms with Gasteiger partial charge in [-0.2, -0.15) is 0 Å². The van der Waals surface area contributed by atoms with E-state index in [0.717, 1.165) is 32.5 Å². The van der Waals surface area contributed by atoms with Crippen LogP contribution in [0.3, 0.4) is 0 Å². The standard InChI is InChI=1S/C12H28N4O3/c13-4-1-3-11(9-12(17,18)19)10-15-6-8-16(11)7-2-5-14/h15,17-19H,1-10,13-14H2. The fourth-order valence-electron chi connectivity index (χ4n) is 2.90. The van der Waals surface area contributed by atoms with Gasteiger partial charge < -0.3 is 32.1 Å². The van der Waals surface area contributed by atoms with Crippen LogP contribution in [0.5, 0.6) is 0 Å². The molecule has 0 amide bonds. The van der Waals surface area contributed by atoms with Crippen LogP contribution in [0.1, 0.15) is 25.7 Å². The van der Waals surface area contributed by atoms with E-state index in [1.807, 2.05) is 0 Å². The largest absolute Gasteiger partial charge is 0.344 e. The summed E-state index contributed by atoms with van der Waals surface area (Å²) < 4.78 is 0. The van der Waals surface area contributed by atoms with Gasteiger partial charge in [0.1, 0.15) is 0 Å². The molecule has 1 aliphatic rings. The molecule has 114 valence electrons. The maximum Gasteiger partial charge on any atom is 0.277 e. The lowest BCUT2D eigenvalue weighted by atomic mass is 9.84. The first-order valence-corrected chi connectivity index (χ1v) is 6.96. The molecule has 8 N–H and O–H groups in total. The van der Waals surface area contributed by atoms with E-state index in [2.05, 4.69) is 10.2 Å². The van der Waals surface area contributed by atoms with Gasteiger partial charge in [0.2, 0.25) is 0 Å². The zero-order valence-corrected chi connectivity index (χ0v) is 11.5. The van der Waals surface area contributed by atoms with Gasteiger partial charge in [-0.15, -0.1) is 0 Å². The van der Waals surface area contributed by atoms with Crippen molar-refractivity contribution in [2.45, 2.75) is 37.2 Å². The van der Waals surface area contributed by atoms with Crippen LogP contribution >= 0.6 is 0 Å². The lowest BCUT2D eigenvalue weighted by Gasteiger charge is -2.49. The lowest BCUT2D eigenvalue weighted by Crippen LogP contribution is -2.64. The quantitative estimate of drug-likeness (QED) is 0.276. The van der Waals surface area contributed by atoms with Crippen molar-refractivity contribution in [1.29, 1.82) is 0 Å². The summed E-state index contributed by atoms with van der Waals surface area (Å²) >= 11 is 0. The fourth-order valence-corrected chi connectivity index (χ4v) is 2.90. The highest BCUT2D eigenvalue weighted by molar-refractivity contribution is 4.97. The van der Waals surface area contributed by atoms with Crippen molar-refractivity contribution in [3.05, 3.63) is 0 Å². The normalized spacial score (nSPS) is 25.7. The predicted molar refractivity (Wildman–Crippen MR) is 73.1 cm³/mol. The third-order valence-electron chi connectivity index (χ3n) is 3.73. The zero-order valence-electron chi connectivity index (χ0n) is 11.5. The molecule has 1 rings (SSSR count). The number of nitrogens with zero attached hydrogens (tertiary/aromatic N) is 1. The number of hydrogen-bond acceptors (Lipinski definition) is 7. The second-order valence-electron chi connectivity index (χ2n) is 5.37. The van der Waals surface area contributed by atoms with Crippen LogP contribution in [0, 0.1) is 0 Å². The number of nitrogens with one attached hydrogen (secondary N) is 1. The van der Waals surface area contributed by atoms with Crippen LogP contribution in [-0.2, 0) is 0 Å². The highest BCUT2D eigenvalue weighted by Crippen LogP contribution is 2.30. The number of nitrogens with two attached hydrogens (primary N) is 2. The van der Waals surface area contributed by atoms with Gasteiger partial charge in [-0.3, -0.25) is 4.90 Å². The average molecular weight is 276 g/mol. The fraction of sp³-hybridized carbons (Fsp3) is 1.00. The van der Waals surface area contributed by atoms with E-state index in [4.69, 9.17) is 11.5 Å². The van der Waals surface area contributed by atoms with E-state index in [9.17, 15) is 15.3 Å². The summed E-state index contributed by atoms with van der Waals surface area (Å²) in [5.74, 6) is -2.66. The van der Waals surface area contributed by atoms with E-state index in [1.165, 1.54) is 0 Å². The van der Waals surface area contributed by atoms with Gasteiger partial charge in [-0.05, 0) is 38.9 Å². The summed E-state index contributed by atoms with van der Waals surface area (Å²) in [5, 5.41) is 31.4. The number of piperazine rings is 1. The Hall–Kier alpha value is -0.280. The third kappa shape index (κ3) is 5.31. The molecule has 1 aliphatic heterocycles. The molecule has 0 aromatic rings. The Morgan fingerprint density at radius 2 is 1.84 bits per heavy atom. The number of rotatable bonds is 8. The number of aliphatic hydroxyl groups is 3. The summed E-state index contributed by atoms with van der Waals surface area (Å²) in [7, 11) is 0. The summed E-state index contributed by atoms with van der Waals surface area (Å²) in [6.07, 6.45) is 2.22. The first-order valence-electron chi connectivity index (χ1n) is 6.96. The molecule has 1 fully saturated rings. The van der Waals surface area contributed by atoms with Gasteiger partial charge in [0, 0.05) is 31.6 Å². The van der Waals surface area contributed by atoms with Gasteiger partial charge in [-0.25, -0.2) is 0 Å². The van der Waals surface area contributed by atoms with Crippen molar-refractivity contribution in [2.24, 2.45) is 11.5 Å². The van der Waals surface area contributed by atoms with E-state index in [-0.39, 0.29) is 6.42 Å². The number of hydrogen-bond donors (Lipinski definition) is 6. The molecule has 0 saturated carbocycles. The average Bonchev–Trinajstić information content (AvgIpc) is 2.33. The monoisotopic (exact) mass is 276 g/mol. The molecule has 19 heavy (non-hydrogen) atoms. The van der Waals surface area contributed by atoms with Gasteiger partial charge in [0.05, 0.1) is 0 Å². The Morgan fingerprint density at radius 3 is 2.42 bits per heavy atom. The molecular formula is C12H28N4O3. The van der Waals surface area contributed by atoms with Crippen molar-refractivity contribution >= 4 is 0 Å². The van der Waals surface area contributed by atoms with Gasteiger partial charge in [0.25, 0.3) is 5.97 Å². The summed E-state index contributed by atoms with van der Waals surface area (Å²) in [6, 6.07) is 0. The van der Waals surface area contributed by atoms with Crippen molar-refractivity contribution in [1.82, 2.24) is 10.2 Å². The van der Waals surface area contributed by atoms with Crippen LogP contribution in [0.25, 0.3) is 0 Å². The van der Waals surface area contributed by atoms with Crippen LogP contribution in [0.2, 0.25) is 0 Å². The molecule has 1 saturated heterocycles. The van der Waals surface area contributed by atoms with E-state index >= 15 is 0 Å². The highest BCUT2D eigenvalue weighted by atomic mass is 16.7. The maximum absolute atomic E-state index is 9.38. The second kappa shape index (κ2) is 7.49. The Labute approximate surface area is 114 Å². The summed E-state index contributed by atoms with van der Waals surface area (Å²) in [6.45, 7) is 4.20. The van der Waals surface area contributed by atoms with Crippen molar-refractivity contribution in [2.75, 3.05) is 39.3 Å². The molecule has 0 aromatic carbocycles. The second-order valence-corrected chi connectivity index (χ2v) is 5.37. The molecule has 0 radical (unpaired) electrons. The topological polar surface area (TPSA) is 128 Å². The Morgan fingerprint density at radius 1 is 1.16 bits per heavy atom. The minimum absolute atomic E-state index is 0.114. The SMILES string of the molecule is NCCCN1CCNCC1(CCCN)CC(O)(O)O. The first kappa shape index (κ1) is 16.8. The van der Waals surface area contributed by atoms with Crippen LogP contribution in [0.15, 0.2) is 0 Å². The highest BCUT2D eigenvalue weighted by Gasteiger charge is 2.43. The molecule has 7 heteroatoms. The molecule has 1 atom stereocenters. The third-order valence-corrected chi connectivity index (χ3v) is 3.73. The maximum atomic E-state index is 9.38. The van der Waals surface area contributed by atoms with Gasteiger partial charge >= 0.3 is 0 Å². The Bertz CT molecular complexity index is 260. The van der Waals surface area contributed by atoms with E-state index in [1.54, 1.807) is 0 Å². The van der Waals surface area contributed by atoms with Crippen LogP contribution in [0.4, 0.5) is 0 Å². The molecule has 1 heterocycles. The molecule has 0 aromatic heterocycles. The smallest absolute Gasteiger partial charge is 0.277 e.